The molecule has 0 fully saturated rings. The SMILES string of the molecule is CC(C)C(=N)NCCO.CC(C)C(=N)NCCO.O. The van der Waals surface area contributed by atoms with Crippen molar-refractivity contribution >= 4 is 11.7 Å². The molecular formula is C12H30N4O3. The number of rotatable bonds is 6. The number of aliphatic hydroxyl groups excluding tert-OH is 2. The van der Waals surface area contributed by atoms with E-state index in [1.807, 2.05) is 27.7 Å². The normalized spacial score (nSPS) is 9.26. The van der Waals surface area contributed by atoms with Crippen molar-refractivity contribution in [3.05, 3.63) is 0 Å². The lowest BCUT2D eigenvalue weighted by atomic mass is 10.2. The van der Waals surface area contributed by atoms with Gasteiger partial charge in [-0.25, -0.2) is 0 Å². The molecule has 0 aromatic carbocycles. The maximum Gasteiger partial charge on any atom is 0.0958 e. The smallest absolute Gasteiger partial charge is 0.0958 e. The van der Waals surface area contributed by atoms with Crippen molar-refractivity contribution in [3.8, 4) is 0 Å². The molecule has 0 saturated carbocycles. The maximum atomic E-state index is 8.34. The first-order valence-corrected chi connectivity index (χ1v) is 6.23. The van der Waals surface area contributed by atoms with E-state index in [0.29, 0.717) is 24.8 Å². The average Bonchev–Trinajstić information content (AvgIpc) is 2.33. The topological polar surface area (TPSA) is 144 Å². The Morgan fingerprint density at radius 1 is 0.842 bits per heavy atom. The molecule has 19 heavy (non-hydrogen) atoms. The van der Waals surface area contributed by atoms with Crippen LogP contribution >= 0.6 is 0 Å². The van der Waals surface area contributed by atoms with Gasteiger partial charge in [0.15, 0.2) is 0 Å². The lowest BCUT2D eigenvalue weighted by Crippen LogP contribution is -2.29. The molecule has 0 radical (unpaired) electrons. The summed E-state index contributed by atoms with van der Waals surface area (Å²) in [6.07, 6.45) is 0. The van der Waals surface area contributed by atoms with Crippen LogP contribution in [-0.2, 0) is 0 Å². The van der Waals surface area contributed by atoms with E-state index < -0.39 is 0 Å². The van der Waals surface area contributed by atoms with Crippen molar-refractivity contribution in [1.29, 1.82) is 10.8 Å². The minimum atomic E-state index is 0. The maximum absolute atomic E-state index is 8.34. The molecule has 0 bridgehead atoms. The highest BCUT2D eigenvalue weighted by Crippen LogP contribution is 1.89. The molecule has 0 heterocycles. The van der Waals surface area contributed by atoms with Crippen molar-refractivity contribution in [2.45, 2.75) is 27.7 Å². The molecule has 0 unspecified atom stereocenters. The Hall–Kier alpha value is -1.18. The number of amidine groups is 2. The summed E-state index contributed by atoms with van der Waals surface area (Å²) in [4.78, 5) is 0. The van der Waals surface area contributed by atoms with Gasteiger partial charge in [-0.15, -0.1) is 0 Å². The van der Waals surface area contributed by atoms with Gasteiger partial charge in [0, 0.05) is 24.9 Å². The zero-order valence-electron chi connectivity index (χ0n) is 12.4. The van der Waals surface area contributed by atoms with Crippen molar-refractivity contribution < 1.29 is 15.7 Å². The summed E-state index contributed by atoms with van der Waals surface area (Å²) >= 11 is 0. The zero-order valence-corrected chi connectivity index (χ0v) is 12.4. The van der Waals surface area contributed by atoms with Gasteiger partial charge in [0.1, 0.15) is 0 Å². The summed E-state index contributed by atoms with van der Waals surface area (Å²) in [6.45, 7) is 8.90. The van der Waals surface area contributed by atoms with E-state index >= 15 is 0 Å². The second-order valence-corrected chi connectivity index (χ2v) is 4.44. The summed E-state index contributed by atoms with van der Waals surface area (Å²) < 4.78 is 0. The molecule has 0 aromatic heterocycles. The van der Waals surface area contributed by atoms with Crippen LogP contribution in [0.5, 0.6) is 0 Å². The zero-order chi connectivity index (χ0) is 14.6. The summed E-state index contributed by atoms with van der Waals surface area (Å²) in [7, 11) is 0. The molecule has 0 aliphatic carbocycles. The van der Waals surface area contributed by atoms with Crippen LogP contribution in [0.3, 0.4) is 0 Å². The summed E-state index contributed by atoms with van der Waals surface area (Å²) in [6, 6.07) is 0. The van der Waals surface area contributed by atoms with E-state index in [9.17, 15) is 0 Å². The lowest BCUT2D eigenvalue weighted by molar-refractivity contribution is 0.299. The second kappa shape index (κ2) is 14.9. The Morgan fingerprint density at radius 2 is 1.11 bits per heavy atom. The minimum Gasteiger partial charge on any atom is -0.412 e. The van der Waals surface area contributed by atoms with Crippen LogP contribution in [0.15, 0.2) is 0 Å². The Bertz CT molecular complexity index is 209. The standard InChI is InChI=1S/2C6H14N2O.H2O/c2*1-5(2)6(7)8-3-4-9;/h2*5,9H,3-4H2,1-2H3,(H2,7,8);1H2. The fraction of sp³-hybridized carbons (Fsp3) is 0.833. The average molecular weight is 278 g/mol. The number of hydrogen-bond donors (Lipinski definition) is 6. The second-order valence-electron chi connectivity index (χ2n) is 4.44. The number of aliphatic hydroxyl groups is 2. The molecule has 7 nitrogen and oxygen atoms in total. The van der Waals surface area contributed by atoms with Crippen LogP contribution in [0.4, 0.5) is 0 Å². The number of nitrogens with one attached hydrogen (secondary N) is 4. The highest BCUT2D eigenvalue weighted by Gasteiger charge is 1.99. The van der Waals surface area contributed by atoms with Crippen molar-refractivity contribution in [2.24, 2.45) is 11.8 Å². The van der Waals surface area contributed by atoms with Crippen LogP contribution in [0.1, 0.15) is 27.7 Å². The molecule has 0 aliphatic heterocycles. The molecule has 7 heteroatoms. The molecular weight excluding hydrogens is 248 g/mol. The van der Waals surface area contributed by atoms with E-state index in [-0.39, 0.29) is 30.5 Å². The van der Waals surface area contributed by atoms with Gasteiger partial charge in [0.2, 0.25) is 0 Å². The molecule has 0 amide bonds. The largest absolute Gasteiger partial charge is 0.412 e. The van der Waals surface area contributed by atoms with Crippen molar-refractivity contribution in [3.63, 3.8) is 0 Å². The first kappa shape index (κ1) is 23.0. The fourth-order valence-corrected chi connectivity index (χ4v) is 0.789. The highest BCUT2D eigenvalue weighted by atomic mass is 16.3. The first-order valence-electron chi connectivity index (χ1n) is 6.23. The molecule has 116 valence electrons. The number of hydrogen-bond acceptors (Lipinski definition) is 4. The summed E-state index contributed by atoms with van der Waals surface area (Å²) in [5, 5.41) is 36.7. The molecule has 0 atom stereocenters. The summed E-state index contributed by atoms with van der Waals surface area (Å²) in [5.41, 5.74) is 0. The Morgan fingerprint density at radius 3 is 1.26 bits per heavy atom. The Kier molecular flexibility index (Phi) is 18.0. The monoisotopic (exact) mass is 278 g/mol. The first-order chi connectivity index (χ1) is 8.36. The van der Waals surface area contributed by atoms with Gasteiger partial charge in [-0.1, -0.05) is 27.7 Å². The molecule has 0 rings (SSSR count). The third-order valence-corrected chi connectivity index (χ3v) is 2.01. The quantitative estimate of drug-likeness (QED) is 0.289. The van der Waals surface area contributed by atoms with Crippen LogP contribution < -0.4 is 10.6 Å². The van der Waals surface area contributed by atoms with Gasteiger partial charge < -0.3 is 26.3 Å². The Balaban J connectivity index is -0.000000256. The van der Waals surface area contributed by atoms with Gasteiger partial charge in [0.05, 0.1) is 24.9 Å². The molecule has 8 N–H and O–H groups in total. The molecule has 0 aromatic rings. The molecule has 0 saturated heterocycles. The van der Waals surface area contributed by atoms with Crippen LogP contribution in [-0.4, -0.2) is 53.7 Å². The summed E-state index contributed by atoms with van der Waals surface area (Å²) in [5.74, 6) is 1.45. The van der Waals surface area contributed by atoms with E-state index in [1.54, 1.807) is 0 Å². The third-order valence-electron chi connectivity index (χ3n) is 2.01. The van der Waals surface area contributed by atoms with E-state index in [2.05, 4.69) is 10.6 Å². The van der Waals surface area contributed by atoms with Crippen LogP contribution in [0.2, 0.25) is 0 Å². The third kappa shape index (κ3) is 16.8. The van der Waals surface area contributed by atoms with E-state index in [0.717, 1.165) is 0 Å². The lowest BCUT2D eigenvalue weighted by Gasteiger charge is -2.07. The van der Waals surface area contributed by atoms with Gasteiger partial charge in [-0.2, -0.15) is 0 Å². The molecule has 0 aliphatic rings. The van der Waals surface area contributed by atoms with Crippen LogP contribution in [0, 0.1) is 22.7 Å². The highest BCUT2D eigenvalue weighted by molar-refractivity contribution is 5.81. The van der Waals surface area contributed by atoms with Crippen LogP contribution in [0.25, 0.3) is 0 Å². The van der Waals surface area contributed by atoms with Gasteiger partial charge in [-0.05, 0) is 0 Å². The van der Waals surface area contributed by atoms with Gasteiger partial charge >= 0.3 is 0 Å². The Labute approximate surface area is 115 Å². The predicted octanol–water partition coefficient (Wildman–Crippen LogP) is -0.422. The van der Waals surface area contributed by atoms with Crippen molar-refractivity contribution in [2.75, 3.05) is 26.3 Å². The minimum absolute atomic E-state index is 0. The van der Waals surface area contributed by atoms with Crippen molar-refractivity contribution in [1.82, 2.24) is 10.6 Å². The van der Waals surface area contributed by atoms with Gasteiger partial charge in [0.25, 0.3) is 0 Å². The van der Waals surface area contributed by atoms with E-state index in [1.165, 1.54) is 0 Å². The fourth-order valence-electron chi connectivity index (χ4n) is 0.789. The van der Waals surface area contributed by atoms with Gasteiger partial charge in [-0.3, -0.25) is 10.8 Å². The van der Waals surface area contributed by atoms with E-state index in [4.69, 9.17) is 21.0 Å². The predicted molar refractivity (Wildman–Crippen MR) is 78.9 cm³/mol. The molecule has 0 spiro atoms.